The molecule has 0 amide bonds. The summed E-state index contributed by atoms with van der Waals surface area (Å²) in [6.45, 7) is 3.63. The van der Waals surface area contributed by atoms with Crippen LogP contribution in [0.4, 0.5) is 8.78 Å². The van der Waals surface area contributed by atoms with Crippen LogP contribution in [0.3, 0.4) is 0 Å². The quantitative estimate of drug-likeness (QED) is 0.654. The lowest BCUT2D eigenvalue weighted by molar-refractivity contribution is 0.152. The van der Waals surface area contributed by atoms with Gasteiger partial charge in [0.15, 0.2) is 0 Å². The van der Waals surface area contributed by atoms with Crippen molar-refractivity contribution in [2.45, 2.75) is 20.3 Å². The van der Waals surface area contributed by atoms with E-state index >= 15 is 0 Å². The first-order valence-corrected chi connectivity index (χ1v) is 5.24. The van der Waals surface area contributed by atoms with E-state index in [1.165, 1.54) is 11.3 Å². The fourth-order valence-corrected chi connectivity index (χ4v) is 2.56. The van der Waals surface area contributed by atoms with Crippen LogP contribution >= 0.6 is 11.3 Å². The van der Waals surface area contributed by atoms with Crippen molar-refractivity contribution in [2.75, 3.05) is 0 Å². The zero-order chi connectivity index (χ0) is 10.3. The van der Waals surface area contributed by atoms with Crippen LogP contribution in [0.25, 0.3) is 10.1 Å². The second-order valence-corrected chi connectivity index (χ2v) is 4.31. The van der Waals surface area contributed by atoms with Crippen molar-refractivity contribution in [3.05, 3.63) is 34.2 Å². The first kappa shape index (κ1) is 9.59. The summed E-state index contributed by atoms with van der Waals surface area (Å²) in [5.74, 6) is 0. The molecule has 0 saturated carbocycles. The van der Waals surface area contributed by atoms with E-state index in [2.05, 4.69) is 0 Å². The van der Waals surface area contributed by atoms with Gasteiger partial charge >= 0.3 is 0 Å². The average Bonchev–Trinajstić information content (AvgIpc) is 2.52. The molecule has 0 N–H and O–H groups in total. The van der Waals surface area contributed by atoms with E-state index in [1.54, 1.807) is 13.0 Å². The minimum atomic E-state index is -2.38. The number of hydrogen-bond acceptors (Lipinski definition) is 1. The van der Waals surface area contributed by atoms with E-state index in [0.717, 1.165) is 10.3 Å². The summed E-state index contributed by atoms with van der Waals surface area (Å²) in [7, 11) is 0. The minimum absolute atomic E-state index is 0.196. The van der Waals surface area contributed by atoms with Gasteiger partial charge < -0.3 is 0 Å². The molecule has 0 spiro atoms. The fraction of sp³-hybridized carbons (Fsp3) is 0.273. The number of aryl methyl sites for hydroxylation is 1. The number of thiophene rings is 1. The predicted octanol–water partition coefficient (Wildman–Crippen LogP) is 4.46. The molecule has 0 aliphatic rings. The van der Waals surface area contributed by atoms with Crippen molar-refractivity contribution in [2.24, 2.45) is 0 Å². The summed E-state index contributed by atoms with van der Waals surface area (Å²) in [5.41, 5.74) is 1.85. The molecule has 2 rings (SSSR count). The monoisotopic (exact) mass is 212 g/mol. The van der Waals surface area contributed by atoms with Crippen molar-refractivity contribution in [1.29, 1.82) is 0 Å². The maximum Gasteiger partial charge on any atom is 0.264 e. The van der Waals surface area contributed by atoms with Crippen LogP contribution in [0, 0.1) is 13.8 Å². The highest BCUT2D eigenvalue weighted by molar-refractivity contribution is 7.17. The van der Waals surface area contributed by atoms with Gasteiger partial charge in [0.1, 0.15) is 0 Å². The molecule has 3 heteroatoms. The predicted molar refractivity (Wildman–Crippen MR) is 56.3 cm³/mol. The second-order valence-electron chi connectivity index (χ2n) is 3.37. The van der Waals surface area contributed by atoms with E-state index < -0.39 is 6.43 Å². The van der Waals surface area contributed by atoms with E-state index in [1.807, 2.05) is 18.4 Å². The van der Waals surface area contributed by atoms with Crippen molar-refractivity contribution < 1.29 is 8.78 Å². The fourth-order valence-electron chi connectivity index (χ4n) is 1.66. The van der Waals surface area contributed by atoms with Gasteiger partial charge in [0.25, 0.3) is 6.43 Å². The molecule has 0 nitrogen and oxygen atoms in total. The van der Waals surface area contributed by atoms with Crippen molar-refractivity contribution in [3.63, 3.8) is 0 Å². The van der Waals surface area contributed by atoms with E-state index in [9.17, 15) is 8.78 Å². The number of hydrogen-bond donors (Lipinski definition) is 0. The lowest BCUT2D eigenvalue weighted by Gasteiger charge is -2.09. The summed E-state index contributed by atoms with van der Waals surface area (Å²) in [5, 5.41) is 2.56. The lowest BCUT2D eigenvalue weighted by Crippen LogP contribution is -1.93. The molecular formula is C11H10F2S. The molecule has 0 aliphatic carbocycles. The van der Waals surface area contributed by atoms with Crippen molar-refractivity contribution in [1.82, 2.24) is 0 Å². The Labute approximate surface area is 85.2 Å². The molecule has 0 radical (unpaired) electrons. The van der Waals surface area contributed by atoms with E-state index in [4.69, 9.17) is 0 Å². The molecule has 14 heavy (non-hydrogen) atoms. The van der Waals surface area contributed by atoms with Crippen LogP contribution in [-0.4, -0.2) is 0 Å². The number of fused-ring (bicyclic) bond motifs is 1. The van der Waals surface area contributed by atoms with Gasteiger partial charge in [-0.25, -0.2) is 8.78 Å². The Hall–Kier alpha value is -0.960. The summed E-state index contributed by atoms with van der Waals surface area (Å²) >= 11 is 1.51. The molecule has 2 aromatic rings. The molecule has 0 unspecified atom stereocenters. The molecule has 74 valence electrons. The molecule has 1 heterocycles. The molecule has 0 aliphatic heterocycles. The van der Waals surface area contributed by atoms with Gasteiger partial charge in [-0.3, -0.25) is 0 Å². The molecule has 0 bridgehead atoms. The van der Waals surface area contributed by atoms with E-state index in [-0.39, 0.29) is 5.56 Å². The Morgan fingerprint density at radius 1 is 1.29 bits per heavy atom. The minimum Gasteiger partial charge on any atom is -0.205 e. The summed E-state index contributed by atoms with van der Waals surface area (Å²) in [6, 6.07) is 3.75. The lowest BCUT2D eigenvalue weighted by atomic mass is 10.0. The first-order chi connectivity index (χ1) is 6.61. The Kier molecular flexibility index (Phi) is 2.27. The van der Waals surface area contributed by atoms with Crippen LogP contribution in [0.5, 0.6) is 0 Å². The molecule has 0 saturated heterocycles. The number of alkyl halides is 2. The molecule has 0 fully saturated rings. The smallest absolute Gasteiger partial charge is 0.205 e. The molecule has 1 aromatic heterocycles. The largest absolute Gasteiger partial charge is 0.264 e. The topological polar surface area (TPSA) is 0 Å². The Morgan fingerprint density at radius 2 is 2.00 bits per heavy atom. The van der Waals surface area contributed by atoms with E-state index in [0.29, 0.717) is 10.9 Å². The van der Waals surface area contributed by atoms with Crippen molar-refractivity contribution >= 4 is 21.4 Å². The van der Waals surface area contributed by atoms with Crippen LogP contribution in [-0.2, 0) is 0 Å². The van der Waals surface area contributed by atoms with Gasteiger partial charge in [0.05, 0.1) is 0 Å². The van der Waals surface area contributed by atoms with Crippen molar-refractivity contribution in [3.8, 4) is 0 Å². The third-order valence-electron chi connectivity index (χ3n) is 2.55. The number of benzene rings is 1. The molecular weight excluding hydrogens is 202 g/mol. The van der Waals surface area contributed by atoms with Crippen LogP contribution < -0.4 is 0 Å². The standard InChI is InChI=1S/C11H10F2S/c1-6-5-9-8(3-4-14-9)10(7(6)2)11(12)13/h3-5,11H,1-2H3. The molecule has 0 atom stereocenters. The summed E-state index contributed by atoms with van der Waals surface area (Å²) in [6.07, 6.45) is -2.38. The van der Waals surface area contributed by atoms with Crippen LogP contribution in [0.15, 0.2) is 17.5 Å². The second kappa shape index (κ2) is 3.31. The van der Waals surface area contributed by atoms with Gasteiger partial charge in [-0.2, -0.15) is 0 Å². The maximum atomic E-state index is 12.8. The Morgan fingerprint density at radius 3 is 2.64 bits per heavy atom. The average molecular weight is 212 g/mol. The highest BCUT2D eigenvalue weighted by atomic mass is 32.1. The van der Waals surface area contributed by atoms with Gasteiger partial charge in [-0.15, -0.1) is 11.3 Å². The van der Waals surface area contributed by atoms with Gasteiger partial charge in [0, 0.05) is 15.6 Å². The zero-order valence-electron chi connectivity index (χ0n) is 7.97. The molecule has 1 aromatic carbocycles. The van der Waals surface area contributed by atoms with Crippen LogP contribution in [0.2, 0.25) is 0 Å². The van der Waals surface area contributed by atoms with Crippen LogP contribution in [0.1, 0.15) is 23.1 Å². The normalized spacial score (nSPS) is 11.5. The van der Waals surface area contributed by atoms with Gasteiger partial charge in [-0.1, -0.05) is 0 Å². The third kappa shape index (κ3) is 1.32. The first-order valence-electron chi connectivity index (χ1n) is 4.36. The number of rotatable bonds is 1. The highest BCUT2D eigenvalue weighted by Gasteiger charge is 2.16. The van der Waals surface area contributed by atoms with Gasteiger partial charge in [-0.05, 0) is 42.5 Å². The third-order valence-corrected chi connectivity index (χ3v) is 3.41. The highest BCUT2D eigenvalue weighted by Crippen LogP contribution is 2.35. The Bertz CT molecular complexity index is 471. The van der Waals surface area contributed by atoms with Gasteiger partial charge in [0.2, 0.25) is 0 Å². The maximum absolute atomic E-state index is 12.8. The summed E-state index contributed by atoms with van der Waals surface area (Å²) < 4.78 is 26.6. The Balaban J connectivity index is 2.86. The SMILES string of the molecule is Cc1cc2sccc2c(C(F)F)c1C. The number of halogens is 2. The zero-order valence-corrected chi connectivity index (χ0v) is 8.79. The summed E-state index contributed by atoms with van der Waals surface area (Å²) in [4.78, 5) is 0.